The van der Waals surface area contributed by atoms with Crippen molar-refractivity contribution in [3.8, 4) is 67.4 Å². The lowest BCUT2D eigenvalue weighted by Crippen LogP contribution is -2.35. The number of hydrogen-bond donors (Lipinski definition) is 0. The van der Waals surface area contributed by atoms with Gasteiger partial charge in [-0.3, -0.25) is 15.0 Å². The molecule has 0 aliphatic heterocycles. The van der Waals surface area contributed by atoms with Gasteiger partial charge in [0, 0.05) is 119 Å². The second-order valence-corrected chi connectivity index (χ2v) is 27.6. The molecule has 0 saturated carbocycles. The van der Waals surface area contributed by atoms with Crippen LogP contribution in [0.15, 0.2) is 262 Å². The number of fused-ring (bicyclic) bond motifs is 5. The van der Waals surface area contributed by atoms with E-state index in [4.69, 9.17) is 6.85 Å². The summed E-state index contributed by atoms with van der Waals surface area (Å²) in [5, 5.41) is 10.7. The summed E-state index contributed by atoms with van der Waals surface area (Å²) >= 11 is 0. The normalized spacial score (nSPS) is 11.7. The van der Waals surface area contributed by atoms with Crippen LogP contribution in [0.5, 0.6) is 0 Å². The Morgan fingerprint density at radius 3 is 1.07 bits per heavy atom. The van der Waals surface area contributed by atoms with E-state index >= 15 is 0 Å². The summed E-state index contributed by atoms with van der Waals surface area (Å²) in [5.41, 5.74) is 28.6. The SMILES string of the molecule is [2H]c1c(C)[n+](C)c(-c2cc(-c3cccnc3)ccc2C)c2ccccc12.[2H]c1c(C)[n+](C)c(-c2cc(C)ccc2C)c2ccc(C)cc12.[2H]c1c(C)[n+](C)c(-c2ccccc2C)c2ccc(C)cc12.[2H]c1c(C)[n+](C)c(-c2ccncc2C)c2ccccc12.[2H]c1c(C)[n+](C)c(-c2cnccc2C)c2ccccc12. The first-order valence-corrected chi connectivity index (χ1v) is 35.6. The van der Waals surface area contributed by atoms with Crippen LogP contribution in [0.4, 0.5) is 0 Å². The minimum Gasteiger partial charge on any atom is -0.264 e. The highest BCUT2D eigenvalue weighted by atomic mass is 15.0. The molecule has 0 fully saturated rings. The zero-order chi connectivity index (χ0) is 78.0. The van der Waals surface area contributed by atoms with Crippen LogP contribution < -0.4 is 22.8 Å². The van der Waals surface area contributed by atoms with Crippen molar-refractivity contribution < 1.29 is 29.7 Å². The van der Waals surface area contributed by atoms with Gasteiger partial charge in [0.1, 0.15) is 35.2 Å². The summed E-state index contributed by atoms with van der Waals surface area (Å²) in [6, 6.07) is 69.9. The van der Waals surface area contributed by atoms with E-state index in [1.165, 1.54) is 72.6 Å². The summed E-state index contributed by atoms with van der Waals surface area (Å²) < 4.78 is 52.6. The Bertz CT molecular complexity index is 6090. The smallest absolute Gasteiger partial charge is 0.222 e. The molecule has 0 radical (unpaired) electrons. The largest absolute Gasteiger partial charge is 0.264 e. The van der Waals surface area contributed by atoms with Gasteiger partial charge in [-0.15, -0.1) is 0 Å². The third-order valence-corrected chi connectivity index (χ3v) is 20.3. The van der Waals surface area contributed by atoms with Gasteiger partial charge in [-0.2, -0.15) is 22.8 Å². The highest BCUT2D eigenvalue weighted by molar-refractivity contribution is 5.98. The third kappa shape index (κ3) is 15.1. The standard InChI is InChI=1S/C23H21N2.C20H22N.C19H20N.2C17H17N2/c1-16-10-11-18(20-8-6-12-24-15-20)14-22(16)23-21-9-5-4-7-19(21)13-17(2)25(23)3;1-13-7-9-18-17(10-13)12-16(4)21(5)20(18)19-11-14(2)6-8-15(19)3;1-13-9-10-18-16(11-13)12-15(3)20(4)19(18)17-8-6-5-7-14(17)2;1-12-11-18-9-8-15(12)17-16-7-5-4-6-14(16)10-13(2)19(17)3;1-12-8-9-18-11-16(12)17-15-7-5-4-6-14(15)10-13(2)19(17)3/h4-15H,1-3H3;6-12H,1-5H3;5-12H,1-4H3;2*4-11H,1-3H3/q5*+1/i13D;2*12D;2*10D. The second kappa shape index (κ2) is 31.2. The van der Waals surface area contributed by atoms with Crippen LogP contribution in [0.1, 0.15) is 79.8 Å². The van der Waals surface area contributed by atoms with Crippen LogP contribution in [0.25, 0.3) is 121 Å². The number of hydrogen-bond acceptors (Lipinski definition) is 3. The molecule has 8 nitrogen and oxygen atoms in total. The van der Waals surface area contributed by atoms with Gasteiger partial charge in [0.15, 0.2) is 28.5 Å². The molecule has 8 heteroatoms. The lowest BCUT2D eigenvalue weighted by atomic mass is 9.95. The zero-order valence-electron chi connectivity index (χ0n) is 68.5. The van der Waals surface area contributed by atoms with Gasteiger partial charge < -0.3 is 0 Å². The summed E-state index contributed by atoms with van der Waals surface area (Å²) in [6.07, 6.45) is 11.1. The fraction of sp³-hybridized carbons (Fsp3) is 0.188. The average Bonchev–Trinajstić information content (AvgIpc) is 0.783. The fourth-order valence-corrected chi connectivity index (χ4v) is 14.0. The Morgan fingerprint density at radius 1 is 0.240 bits per heavy atom. The maximum absolute atomic E-state index is 8.49. The molecule has 0 amide bonds. The minimum absolute atomic E-state index is 0.591. The molecule has 0 N–H and O–H groups in total. The molecule has 16 rings (SSSR count). The number of pyridine rings is 8. The van der Waals surface area contributed by atoms with Crippen LogP contribution in [0.2, 0.25) is 0 Å². The van der Waals surface area contributed by atoms with Crippen molar-refractivity contribution in [2.75, 3.05) is 0 Å². The highest BCUT2D eigenvalue weighted by Gasteiger charge is 2.25. The summed E-state index contributed by atoms with van der Waals surface area (Å²) in [6.45, 7) is 26.9. The number of benzene rings is 8. The lowest BCUT2D eigenvalue weighted by molar-refractivity contribution is -0.665. The molecule has 16 aromatic rings. The van der Waals surface area contributed by atoms with E-state index in [-0.39, 0.29) is 0 Å². The van der Waals surface area contributed by atoms with Crippen molar-refractivity contribution in [2.45, 2.75) is 90.0 Å². The van der Waals surface area contributed by atoms with Crippen LogP contribution in [0.3, 0.4) is 0 Å². The number of rotatable bonds is 6. The first kappa shape index (κ1) is 65.6. The van der Waals surface area contributed by atoms with E-state index in [1.54, 1.807) is 6.20 Å². The van der Waals surface area contributed by atoms with Gasteiger partial charge >= 0.3 is 0 Å². The van der Waals surface area contributed by atoms with Crippen molar-refractivity contribution in [1.82, 2.24) is 15.0 Å². The predicted octanol–water partition coefficient (Wildman–Crippen LogP) is 20.5. The van der Waals surface area contributed by atoms with Crippen molar-refractivity contribution in [3.05, 3.63) is 334 Å². The van der Waals surface area contributed by atoms with Gasteiger partial charge in [-0.1, -0.05) is 144 Å². The first-order chi connectivity index (χ1) is 52.2. The van der Waals surface area contributed by atoms with Gasteiger partial charge in [0.05, 0.1) is 50.5 Å². The summed E-state index contributed by atoms with van der Waals surface area (Å²) in [5.74, 6) is 0. The number of nitrogens with zero attached hydrogens (tertiary/aromatic N) is 8. The molecule has 0 aliphatic carbocycles. The average molecular weight is 1370 g/mol. The van der Waals surface area contributed by atoms with Crippen LogP contribution in [0, 0.1) is 90.0 Å². The van der Waals surface area contributed by atoms with Crippen LogP contribution >= 0.6 is 0 Å². The Morgan fingerprint density at radius 2 is 0.596 bits per heavy atom. The highest BCUT2D eigenvalue weighted by Crippen LogP contribution is 2.36. The van der Waals surface area contributed by atoms with E-state index < -0.39 is 0 Å². The molecule has 0 spiro atoms. The molecular formula is C96H97N8+5. The van der Waals surface area contributed by atoms with E-state index in [0.717, 1.165) is 122 Å². The Kier molecular flexibility index (Phi) is 19.7. The second-order valence-electron chi connectivity index (χ2n) is 27.6. The fourth-order valence-electron chi connectivity index (χ4n) is 14.0. The van der Waals surface area contributed by atoms with Gasteiger partial charge in [-0.05, 0) is 182 Å². The number of aryl methyl sites for hydroxylation is 8. The molecule has 0 bridgehead atoms. The van der Waals surface area contributed by atoms with Gasteiger partial charge in [0.25, 0.3) is 0 Å². The van der Waals surface area contributed by atoms with Crippen molar-refractivity contribution in [2.24, 2.45) is 35.2 Å². The monoisotopic (exact) mass is 1370 g/mol. The number of aromatic nitrogens is 8. The van der Waals surface area contributed by atoms with Crippen molar-refractivity contribution in [1.29, 1.82) is 0 Å². The molecule has 0 saturated heterocycles. The maximum Gasteiger partial charge on any atom is 0.222 e. The molecular weight excluding hydrogens is 1270 g/mol. The molecule has 104 heavy (non-hydrogen) atoms. The Hall–Kier alpha value is -11.7. The Labute approximate surface area is 622 Å². The maximum atomic E-state index is 8.49. The molecule has 8 aromatic heterocycles. The molecule has 8 heterocycles. The quantitative estimate of drug-likeness (QED) is 0.156. The van der Waals surface area contributed by atoms with Gasteiger partial charge in [0.2, 0.25) is 28.5 Å². The van der Waals surface area contributed by atoms with E-state index in [2.05, 4.69) is 229 Å². The summed E-state index contributed by atoms with van der Waals surface area (Å²) in [4.78, 5) is 12.7. The van der Waals surface area contributed by atoms with E-state index in [9.17, 15) is 0 Å². The lowest BCUT2D eigenvalue weighted by Gasteiger charge is -2.11. The third-order valence-electron chi connectivity index (χ3n) is 20.3. The van der Waals surface area contributed by atoms with E-state index in [0.29, 0.717) is 30.2 Å². The van der Waals surface area contributed by atoms with E-state index in [1.807, 2.05) is 160 Å². The molecule has 8 aromatic carbocycles. The predicted molar refractivity (Wildman–Crippen MR) is 433 cm³/mol. The molecule has 516 valence electrons. The Balaban J connectivity index is 0.000000127. The van der Waals surface area contributed by atoms with Crippen LogP contribution in [-0.4, -0.2) is 15.0 Å². The van der Waals surface area contributed by atoms with Crippen molar-refractivity contribution >= 4 is 53.9 Å². The summed E-state index contributed by atoms with van der Waals surface area (Å²) in [7, 11) is 10.2. The molecule has 0 unspecified atom stereocenters. The molecule has 0 atom stereocenters. The van der Waals surface area contributed by atoms with Gasteiger partial charge in [-0.25, -0.2) is 0 Å². The molecule has 0 aliphatic rings. The van der Waals surface area contributed by atoms with Crippen LogP contribution in [-0.2, 0) is 35.2 Å². The zero-order valence-corrected chi connectivity index (χ0v) is 63.5. The first-order valence-electron chi connectivity index (χ1n) is 38.1. The topological polar surface area (TPSA) is 58.1 Å². The minimum atomic E-state index is 0.591. The van der Waals surface area contributed by atoms with Crippen molar-refractivity contribution in [3.63, 3.8) is 0 Å².